The summed E-state index contributed by atoms with van der Waals surface area (Å²) in [6.45, 7) is 3.21. The summed E-state index contributed by atoms with van der Waals surface area (Å²) in [5.74, 6) is 1.17. The second-order valence-electron chi connectivity index (χ2n) is 8.83. The van der Waals surface area contributed by atoms with Gasteiger partial charge in [0.15, 0.2) is 9.84 Å². The zero-order valence-electron chi connectivity index (χ0n) is 18.8. The Hall–Kier alpha value is -2.80. The number of para-hydroxylation sites is 1. The quantitative estimate of drug-likeness (QED) is 0.542. The maximum atomic E-state index is 13.2. The lowest BCUT2D eigenvalue weighted by atomic mass is 9.87. The van der Waals surface area contributed by atoms with Gasteiger partial charge in [-0.25, -0.2) is 8.42 Å². The number of benzene rings is 2. The highest BCUT2D eigenvalue weighted by atomic mass is 32.2. The number of fused-ring (bicyclic) bond motifs is 3. The van der Waals surface area contributed by atoms with Crippen LogP contribution in [0.2, 0.25) is 0 Å². The SMILES string of the molecule is CC1CCc2[nH]c3c(C(=O)N(C)CCCOc4cccc(S(C)(=O)=O)c4)cccc3c2C1. The van der Waals surface area contributed by atoms with E-state index in [9.17, 15) is 13.2 Å². The normalized spacial score (nSPS) is 16.0. The zero-order valence-corrected chi connectivity index (χ0v) is 19.7. The first-order valence-electron chi connectivity index (χ1n) is 11.0. The minimum Gasteiger partial charge on any atom is -0.493 e. The zero-order chi connectivity index (χ0) is 22.9. The first-order chi connectivity index (χ1) is 15.2. The van der Waals surface area contributed by atoms with Crippen LogP contribution >= 0.6 is 0 Å². The van der Waals surface area contributed by atoms with Gasteiger partial charge in [-0.2, -0.15) is 0 Å². The number of sulfone groups is 1. The fourth-order valence-electron chi connectivity index (χ4n) is 4.39. The smallest absolute Gasteiger partial charge is 0.255 e. The van der Waals surface area contributed by atoms with E-state index in [1.54, 1.807) is 30.1 Å². The van der Waals surface area contributed by atoms with Gasteiger partial charge in [-0.15, -0.1) is 0 Å². The molecular formula is C25H30N2O4S. The molecule has 4 rings (SSSR count). The van der Waals surface area contributed by atoms with Crippen molar-refractivity contribution in [1.29, 1.82) is 0 Å². The third kappa shape index (κ3) is 4.67. The van der Waals surface area contributed by atoms with Crippen LogP contribution in [0.4, 0.5) is 0 Å². The average molecular weight is 455 g/mol. The summed E-state index contributed by atoms with van der Waals surface area (Å²) in [4.78, 5) is 18.6. The van der Waals surface area contributed by atoms with E-state index in [1.807, 2.05) is 12.1 Å². The molecule has 1 aromatic heterocycles. The van der Waals surface area contributed by atoms with Gasteiger partial charge in [0.25, 0.3) is 5.91 Å². The van der Waals surface area contributed by atoms with Gasteiger partial charge in [0.2, 0.25) is 0 Å². The van der Waals surface area contributed by atoms with Crippen LogP contribution in [0.15, 0.2) is 47.4 Å². The Balaban J connectivity index is 1.39. The minimum atomic E-state index is -3.27. The van der Waals surface area contributed by atoms with Crippen LogP contribution in [0.3, 0.4) is 0 Å². The van der Waals surface area contributed by atoms with Crippen molar-refractivity contribution < 1.29 is 17.9 Å². The van der Waals surface area contributed by atoms with Crippen molar-refractivity contribution in [1.82, 2.24) is 9.88 Å². The summed E-state index contributed by atoms with van der Waals surface area (Å²) in [7, 11) is -1.47. The standard InChI is InChI=1S/C25H30N2O4S/c1-17-11-12-23-22(15-17)20-9-5-10-21(24(20)26-23)25(28)27(2)13-6-14-31-18-7-4-8-19(16-18)32(3,29)30/h4-5,7-10,16-17,26H,6,11-15H2,1-3H3. The second-order valence-corrected chi connectivity index (χ2v) is 10.8. The van der Waals surface area contributed by atoms with Crippen LogP contribution in [0.5, 0.6) is 5.75 Å². The van der Waals surface area contributed by atoms with E-state index in [2.05, 4.69) is 18.0 Å². The minimum absolute atomic E-state index is 0.0127. The monoisotopic (exact) mass is 454 g/mol. The fraction of sp³-hybridized carbons (Fsp3) is 0.400. The van der Waals surface area contributed by atoms with E-state index >= 15 is 0 Å². The molecule has 1 amide bonds. The maximum Gasteiger partial charge on any atom is 0.255 e. The Labute approximate surface area is 189 Å². The number of carbonyl (C=O) groups is 1. The summed E-state index contributed by atoms with van der Waals surface area (Å²) < 4.78 is 29.1. The number of nitrogens with one attached hydrogen (secondary N) is 1. The molecule has 0 radical (unpaired) electrons. The summed E-state index contributed by atoms with van der Waals surface area (Å²) in [6, 6.07) is 12.4. The molecule has 3 aromatic rings. The van der Waals surface area contributed by atoms with Crippen LogP contribution in [0.1, 0.15) is 41.4 Å². The number of nitrogens with zero attached hydrogens (tertiary/aromatic N) is 1. The van der Waals surface area contributed by atoms with Gasteiger partial charge in [0.05, 0.1) is 22.6 Å². The highest BCUT2D eigenvalue weighted by molar-refractivity contribution is 7.90. The molecule has 170 valence electrons. The summed E-state index contributed by atoms with van der Waals surface area (Å²) in [6.07, 6.45) is 5.08. The van der Waals surface area contributed by atoms with Crippen molar-refractivity contribution in [2.24, 2.45) is 5.92 Å². The molecule has 2 aromatic carbocycles. The van der Waals surface area contributed by atoms with Crippen LogP contribution in [-0.2, 0) is 22.7 Å². The lowest BCUT2D eigenvalue weighted by Crippen LogP contribution is -2.28. The number of H-pyrrole nitrogens is 1. The van der Waals surface area contributed by atoms with E-state index in [4.69, 9.17) is 4.74 Å². The fourth-order valence-corrected chi connectivity index (χ4v) is 5.04. The first kappa shape index (κ1) is 22.4. The Morgan fingerprint density at radius 3 is 2.78 bits per heavy atom. The third-order valence-corrected chi connectivity index (χ3v) is 7.30. The Morgan fingerprint density at radius 2 is 2.00 bits per heavy atom. The van der Waals surface area contributed by atoms with Crippen LogP contribution in [0, 0.1) is 5.92 Å². The Kier molecular flexibility index (Phi) is 6.29. The topological polar surface area (TPSA) is 79.5 Å². The van der Waals surface area contributed by atoms with Crippen molar-refractivity contribution in [3.8, 4) is 5.75 Å². The number of aromatic nitrogens is 1. The Morgan fingerprint density at radius 1 is 1.22 bits per heavy atom. The third-order valence-electron chi connectivity index (χ3n) is 6.19. The molecule has 1 atom stereocenters. The number of hydrogen-bond acceptors (Lipinski definition) is 4. The number of rotatable bonds is 7. The maximum absolute atomic E-state index is 13.2. The van der Waals surface area contributed by atoms with Gasteiger partial charge < -0.3 is 14.6 Å². The van der Waals surface area contributed by atoms with E-state index < -0.39 is 9.84 Å². The molecule has 0 saturated heterocycles. The molecule has 0 aliphatic heterocycles. The molecular weight excluding hydrogens is 424 g/mol. The number of aromatic amines is 1. The molecule has 1 heterocycles. The molecule has 1 unspecified atom stereocenters. The highest BCUT2D eigenvalue weighted by Gasteiger charge is 2.23. The Bertz CT molecular complexity index is 1250. The van der Waals surface area contributed by atoms with Gasteiger partial charge in [-0.05, 0) is 61.4 Å². The van der Waals surface area contributed by atoms with E-state index in [1.165, 1.54) is 35.4 Å². The van der Waals surface area contributed by atoms with E-state index in [0.29, 0.717) is 36.8 Å². The van der Waals surface area contributed by atoms with Crippen LogP contribution in [-0.4, -0.2) is 50.7 Å². The van der Waals surface area contributed by atoms with Gasteiger partial charge in [0.1, 0.15) is 5.75 Å². The molecule has 0 fully saturated rings. The lowest BCUT2D eigenvalue weighted by molar-refractivity contribution is 0.0789. The van der Waals surface area contributed by atoms with Gasteiger partial charge in [-0.1, -0.05) is 25.1 Å². The van der Waals surface area contributed by atoms with Gasteiger partial charge in [0, 0.05) is 30.9 Å². The summed E-state index contributed by atoms with van der Waals surface area (Å²) >= 11 is 0. The van der Waals surface area contributed by atoms with Crippen molar-refractivity contribution in [2.45, 2.75) is 37.5 Å². The molecule has 0 bridgehead atoms. The van der Waals surface area contributed by atoms with Gasteiger partial charge >= 0.3 is 0 Å². The molecule has 1 N–H and O–H groups in total. The van der Waals surface area contributed by atoms with Crippen LogP contribution < -0.4 is 4.74 Å². The number of aryl methyl sites for hydroxylation is 1. The number of carbonyl (C=O) groups excluding carboxylic acids is 1. The predicted octanol–water partition coefficient (Wildman–Crippen LogP) is 4.24. The van der Waals surface area contributed by atoms with Crippen molar-refractivity contribution in [3.05, 3.63) is 59.3 Å². The van der Waals surface area contributed by atoms with Crippen LogP contribution in [0.25, 0.3) is 10.9 Å². The number of hydrogen-bond donors (Lipinski definition) is 1. The highest BCUT2D eigenvalue weighted by Crippen LogP contribution is 2.33. The summed E-state index contributed by atoms with van der Waals surface area (Å²) in [5, 5.41) is 1.17. The predicted molar refractivity (Wildman–Crippen MR) is 126 cm³/mol. The molecule has 7 heteroatoms. The molecule has 0 spiro atoms. The van der Waals surface area contributed by atoms with E-state index in [0.717, 1.165) is 18.4 Å². The van der Waals surface area contributed by atoms with Crippen molar-refractivity contribution in [3.63, 3.8) is 0 Å². The lowest BCUT2D eigenvalue weighted by Gasteiger charge is -2.18. The molecule has 0 saturated carbocycles. The molecule has 32 heavy (non-hydrogen) atoms. The molecule has 6 nitrogen and oxygen atoms in total. The molecule has 1 aliphatic carbocycles. The van der Waals surface area contributed by atoms with Crippen molar-refractivity contribution >= 4 is 26.6 Å². The number of amides is 1. The average Bonchev–Trinajstić information content (AvgIpc) is 3.13. The van der Waals surface area contributed by atoms with Gasteiger partial charge in [-0.3, -0.25) is 4.79 Å². The first-order valence-corrected chi connectivity index (χ1v) is 12.9. The second kappa shape index (κ2) is 8.98. The van der Waals surface area contributed by atoms with Crippen molar-refractivity contribution in [2.75, 3.05) is 26.5 Å². The number of ether oxygens (including phenoxy) is 1. The molecule has 1 aliphatic rings. The van der Waals surface area contributed by atoms with E-state index in [-0.39, 0.29) is 10.8 Å². The summed E-state index contributed by atoms with van der Waals surface area (Å²) in [5.41, 5.74) is 4.28. The largest absolute Gasteiger partial charge is 0.493 e.